The molecule has 0 fully saturated rings. The molecule has 0 spiro atoms. The molecular weight excluding hydrogens is 176 g/mol. The van der Waals surface area contributed by atoms with E-state index in [4.69, 9.17) is 0 Å². The van der Waals surface area contributed by atoms with E-state index < -0.39 is 6.10 Å². The molecule has 2 nitrogen and oxygen atoms in total. The Labute approximate surface area is 84.6 Å². The summed E-state index contributed by atoms with van der Waals surface area (Å²) in [5, 5.41) is 9.75. The lowest BCUT2D eigenvalue weighted by atomic mass is 9.86. The van der Waals surface area contributed by atoms with Crippen LogP contribution in [0.25, 0.3) is 0 Å². The maximum absolute atomic E-state index is 11.6. The second-order valence-electron chi connectivity index (χ2n) is 3.96. The SMILES string of the molecule is CC(C)=C1C(=O)C=C[C@@H](O)C1=C(C)C. The highest BCUT2D eigenvalue weighted by molar-refractivity contribution is 6.09. The van der Waals surface area contributed by atoms with Crippen LogP contribution in [0.2, 0.25) is 0 Å². The first-order chi connectivity index (χ1) is 6.45. The molecule has 0 unspecified atom stereocenters. The van der Waals surface area contributed by atoms with Crippen LogP contribution >= 0.6 is 0 Å². The largest absolute Gasteiger partial charge is 0.384 e. The molecule has 0 heterocycles. The van der Waals surface area contributed by atoms with Crippen LogP contribution in [-0.2, 0) is 4.79 Å². The van der Waals surface area contributed by atoms with Crippen LogP contribution in [0, 0.1) is 0 Å². The number of rotatable bonds is 0. The number of allylic oxidation sites excluding steroid dienone is 3. The van der Waals surface area contributed by atoms with Crippen molar-refractivity contribution < 1.29 is 9.90 Å². The number of aliphatic hydroxyl groups is 1. The van der Waals surface area contributed by atoms with Gasteiger partial charge in [0.2, 0.25) is 0 Å². The summed E-state index contributed by atoms with van der Waals surface area (Å²) < 4.78 is 0. The van der Waals surface area contributed by atoms with E-state index in [1.165, 1.54) is 12.2 Å². The molecule has 2 heteroatoms. The Kier molecular flexibility index (Phi) is 3.06. The van der Waals surface area contributed by atoms with Gasteiger partial charge < -0.3 is 5.11 Å². The summed E-state index contributed by atoms with van der Waals surface area (Å²) in [5.41, 5.74) is 3.37. The van der Waals surface area contributed by atoms with Crippen LogP contribution < -0.4 is 0 Å². The van der Waals surface area contributed by atoms with Gasteiger partial charge in [0.15, 0.2) is 5.78 Å². The summed E-state index contributed by atoms with van der Waals surface area (Å²) in [6, 6.07) is 0. The Morgan fingerprint density at radius 3 is 2.14 bits per heavy atom. The predicted octanol–water partition coefficient (Wildman–Crippen LogP) is 2.16. The zero-order valence-electron chi connectivity index (χ0n) is 9.09. The highest BCUT2D eigenvalue weighted by Gasteiger charge is 2.24. The van der Waals surface area contributed by atoms with Gasteiger partial charge in [0.05, 0.1) is 6.10 Å². The predicted molar refractivity (Wildman–Crippen MR) is 56.9 cm³/mol. The van der Waals surface area contributed by atoms with E-state index in [1.807, 2.05) is 27.7 Å². The molecule has 0 amide bonds. The average molecular weight is 192 g/mol. The topological polar surface area (TPSA) is 37.3 Å². The number of ketones is 1. The molecule has 1 rings (SSSR count). The van der Waals surface area contributed by atoms with E-state index in [1.54, 1.807) is 0 Å². The van der Waals surface area contributed by atoms with Gasteiger partial charge in [-0.05, 0) is 45.4 Å². The van der Waals surface area contributed by atoms with Crippen LogP contribution in [0.4, 0.5) is 0 Å². The monoisotopic (exact) mass is 192 g/mol. The van der Waals surface area contributed by atoms with Gasteiger partial charge in [0, 0.05) is 5.57 Å². The standard InChI is InChI=1S/C12H16O2/c1-7(2)11-9(13)5-6-10(14)12(11)8(3)4/h5-6,9,13H,1-4H3/t9-/m1/s1. The Morgan fingerprint density at radius 1 is 1.21 bits per heavy atom. The molecule has 0 bridgehead atoms. The summed E-state index contributed by atoms with van der Waals surface area (Å²) in [7, 11) is 0. The molecule has 0 radical (unpaired) electrons. The van der Waals surface area contributed by atoms with Crippen molar-refractivity contribution in [1.82, 2.24) is 0 Å². The highest BCUT2D eigenvalue weighted by Crippen LogP contribution is 2.27. The van der Waals surface area contributed by atoms with Crippen molar-refractivity contribution in [3.8, 4) is 0 Å². The summed E-state index contributed by atoms with van der Waals surface area (Å²) in [4.78, 5) is 11.6. The van der Waals surface area contributed by atoms with Gasteiger partial charge >= 0.3 is 0 Å². The fourth-order valence-electron chi connectivity index (χ4n) is 1.70. The Bertz CT molecular complexity index is 349. The second-order valence-corrected chi connectivity index (χ2v) is 3.96. The summed E-state index contributed by atoms with van der Waals surface area (Å²) in [6.45, 7) is 7.60. The molecule has 1 N–H and O–H groups in total. The normalized spacial score (nSPS) is 21.5. The zero-order valence-corrected chi connectivity index (χ0v) is 9.09. The molecule has 0 aromatic heterocycles. The summed E-state index contributed by atoms with van der Waals surface area (Å²) in [6.07, 6.45) is 2.35. The summed E-state index contributed by atoms with van der Waals surface area (Å²) >= 11 is 0. The Hall–Kier alpha value is -1.15. The fraction of sp³-hybridized carbons (Fsp3) is 0.417. The summed E-state index contributed by atoms with van der Waals surface area (Å²) in [5.74, 6) is -0.00787. The number of aliphatic hydroxyl groups excluding tert-OH is 1. The molecular formula is C12H16O2. The van der Waals surface area contributed by atoms with Crippen molar-refractivity contribution in [2.75, 3.05) is 0 Å². The van der Waals surface area contributed by atoms with Crippen LogP contribution in [0.3, 0.4) is 0 Å². The smallest absolute Gasteiger partial charge is 0.185 e. The van der Waals surface area contributed by atoms with Crippen LogP contribution in [0.15, 0.2) is 34.4 Å². The van der Waals surface area contributed by atoms with Gasteiger partial charge in [-0.3, -0.25) is 4.79 Å². The van der Waals surface area contributed by atoms with Gasteiger partial charge in [-0.15, -0.1) is 0 Å². The molecule has 14 heavy (non-hydrogen) atoms. The third-order valence-corrected chi connectivity index (χ3v) is 2.28. The lowest BCUT2D eigenvalue weighted by Gasteiger charge is -2.21. The van der Waals surface area contributed by atoms with Crippen molar-refractivity contribution in [3.63, 3.8) is 0 Å². The molecule has 1 aliphatic carbocycles. The van der Waals surface area contributed by atoms with E-state index in [0.29, 0.717) is 5.57 Å². The van der Waals surface area contributed by atoms with E-state index in [-0.39, 0.29) is 5.78 Å². The Morgan fingerprint density at radius 2 is 1.79 bits per heavy atom. The number of carbonyl (C=O) groups is 1. The maximum Gasteiger partial charge on any atom is 0.185 e. The van der Waals surface area contributed by atoms with E-state index in [0.717, 1.165) is 16.7 Å². The average Bonchev–Trinajstić information content (AvgIpc) is 2.07. The number of carbonyl (C=O) groups excluding carboxylic acids is 1. The first-order valence-corrected chi connectivity index (χ1v) is 4.71. The highest BCUT2D eigenvalue weighted by atomic mass is 16.3. The van der Waals surface area contributed by atoms with Crippen molar-refractivity contribution in [3.05, 3.63) is 34.4 Å². The molecule has 0 aromatic carbocycles. The van der Waals surface area contributed by atoms with Crippen molar-refractivity contribution in [2.24, 2.45) is 0 Å². The zero-order chi connectivity index (χ0) is 10.9. The third kappa shape index (κ3) is 1.85. The van der Waals surface area contributed by atoms with E-state index >= 15 is 0 Å². The van der Waals surface area contributed by atoms with Gasteiger partial charge in [-0.25, -0.2) is 0 Å². The minimum absolute atomic E-state index is 0.00787. The van der Waals surface area contributed by atoms with Crippen LogP contribution in [-0.4, -0.2) is 17.0 Å². The molecule has 0 aromatic rings. The van der Waals surface area contributed by atoms with Gasteiger partial charge in [-0.2, -0.15) is 0 Å². The molecule has 76 valence electrons. The first-order valence-electron chi connectivity index (χ1n) is 4.71. The Balaban J connectivity index is 3.40. The van der Waals surface area contributed by atoms with Crippen LogP contribution in [0.5, 0.6) is 0 Å². The molecule has 0 aliphatic heterocycles. The fourth-order valence-corrected chi connectivity index (χ4v) is 1.70. The van der Waals surface area contributed by atoms with Crippen molar-refractivity contribution >= 4 is 5.78 Å². The molecule has 0 saturated carbocycles. The van der Waals surface area contributed by atoms with Gasteiger partial charge in [0.1, 0.15) is 0 Å². The molecule has 1 atom stereocenters. The lowest BCUT2D eigenvalue weighted by molar-refractivity contribution is -0.111. The minimum atomic E-state index is -0.636. The first kappa shape index (κ1) is 10.9. The molecule has 1 aliphatic rings. The number of hydrogen-bond acceptors (Lipinski definition) is 2. The van der Waals surface area contributed by atoms with Crippen molar-refractivity contribution in [2.45, 2.75) is 33.8 Å². The van der Waals surface area contributed by atoms with Crippen molar-refractivity contribution in [1.29, 1.82) is 0 Å². The van der Waals surface area contributed by atoms with Gasteiger partial charge in [-0.1, -0.05) is 11.1 Å². The van der Waals surface area contributed by atoms with E-state index in [2.05, 4.69) is 0 Å². The second kappa shape index (κ2) is 3.93. The molecule has 0 saturated heterocycles. The third-order valence-electron chi connectivity index (χ3n) is 2.28. The van der Waals surface area contributed by atoms with Gasteiger partial charge in [0.25, 0.3) is 0 Å². The van der Waals surface area contributed by atoms with E-state index in [9.17, 15) is 9.90 Å². The van der Waals surface area contributed by atoms with Crippen LogP contribution in [0.1, 0.15) is 27.7 Å². The lowest BCUT2D eigenvalue weighted by Crippen LogP contribution is -2.21. The minimum Gasteiger partial charge on any atom is -0.384 e. The maximum atomic E-state index is 11.6. The quantitative estimate of drug-likeness (QED) is 0.597. The number of hydrogen-bond donors (Lipinski definition) is 1.